The summed E-state index contributed by atoms with van der Waals surface area (Å²) in [5.74, 6) is 0.0934. The lowest BCUT2D eigenvalue weighted by molar-refractivity contribution is -0.137. The molecule has 8 heteroatoms. The van der Waals surface area contributed by atoms with Gasteiger partial charge in [0.25, 0.3) is 0 Å². The number of benzene rings is 1. The molecule has 1 aliphatic carbocycles. The highest BCUT2D eigenvalue weighted by Crippen LogP contribution is 2.40. The molecular formula is C19H15F3N4S. The van der Waals surface area contributed by atoms with Crippen molar-refractivity contribution in [3.63, 3.8) is 0 Å². The summed E-state index contributed by atoms with van der Waals surface area (Å²) in [5, 5.41) is 14.4. The van der Waals surface area contributed by atoms with Gasteiger partial charge in [-0.2, -0.15) is 23.5 Å². The number of alkyl halides is 3. The Morgan fingerprint density at radius 2 is 1.89 bits per heavy atom. The Labute approximate surface area is 157 Å². The highest BCUT2D eigenvalue weighted by molar-refractivity contribution is 7.15. The summed E-state index contributed by atoms with van der Waals surface area (Å²) in [6, 6.07) is 7.55. The van der Waals surface area contributed by atoms with Crippen molar-refractivity contribution in [2.45, 2.75) is 38.3 Å². The molecule has 0 spiro atoms. The van der Waals surface area contributed by atoms with Gasteiger partial charge >= 0.3 is 6.18 Å². The predicted octanol–water partition coefficient (Wildman–Crippen LogP) is 5.16. The zero-order valence-corrected chi connectivity index (χ0v) is 15.1. The minimum absolute atomic E-state index is 0.0463. The van der Waals surface area contributed by atoms with E-state index in [1.54, 1.807) is 6.07 Å². The lowest BCUT2D eigenvalue weighted by Gasteiger charge is -2.12. The molecule has 27 heavy (non-hydrogen) atoms. The Hall–Kier alpha value is -2.66. The molecule has 0 radical (unpaired) electrons. The van der Waals surface area contributed by atoms with E-state index in [9.17, 15) is 18.4 Å². The van der Waals surface area contributed by atoms with Crippen molar-refractivity contribution in [2.75, 3.05) is 0 Å². The maximum absolute atomic E-state index is 13.4. The van der Waals surface area contributed by atoms with E-state index < -0.39 is 11.7 Å². The first-order valence-electron chi connectivity index (χ1n) is 8.62. The second-order valence-electron chi connectivity index (χ2n) is 6.40. The lowest BCUT2D eigenvalue weighted by atomic mass is 10.1. The first kappa shape index (κ1) is 17.7. The van der Waals surface area contributed by atoms with Gasteiger partial charge < -0.3 is 0 Å². The topological polar surface area (TPSA) is 54.5 Å². The van der Waals surface area contributed by atoms with Crippen molar-refractivity contribution in [1.82, 2.24) is 14.8 Å². The number of rotatable bonds is 2. The van der Waals surface area contributed by atoms with E-state index in [2.05, 4.69) is 16.2 Å². The summed E-state index contributed by atoms with van der Waals surface area (Å²) in [6.45, 7) is 0. The number of fused-ring (bicyclic) bond motifs is 1. The lowest BCUT2D eigenvalue weighted by Crippen LogP contribution is -2.09. The summed E-state index contributed by atoms with van der Waals surface area (Å²) in [6.07, 6.45) is 1.62. The maximum atomic E-state index is 13.4. The molecule has 0 bridgehead atoms. The van der Waals surface area contributed by atoms with Crippen molar-refractivity contribution in [1.29, 1.82) is 5.26 Å². The quantitative estimate of drug-likeness (QED) is 0.570. The molecule has 2 heterocycles. The molecule has 0 saturated carbocycles. The minimum atomic E-state index is -4.50. The fourth-order valence-electron chi connectivity index (χ4n) is 3.49. The van der Waals surface area contributed by atoms with Gasteiger partial charge in [0.1, 0.15) is 17.4 Å². The van der Waals surface area contributed by atoms with E-state index in [1.165, 1.54) is 34.5 Å². The molecule has 0 unspecified atom stereocenters. The third-order valence-corrected chi connectivity index (χ3v) is 6.00. The number of hydrogen-bond donors (Lipinski definition) is 0. The van der Waals surface area contributed by atoms with Crippen LogP contribution in [0.2, 0.25) is 0 Å². The summed E-state index contributed by atoms with van der Waals surface area (Å²) in [4.78, 5) is 5.22. The van der Waals surface area contributed by atoms with Crippen LogP contribution in [0.4, 0.5) is 13.2 Å². The average Bonchev–Trinajstić information content (AvgIpc) is 3.19. The predicted molar refractivity (Wildman–Crippen MR) is 95.6 cm³/mol. The number of nitrogens with zero attached hydrogens (tertiary/aromatic N) is 4. The van der Waals surface area contributed by atoms with E-state index >= 15 is 0 Å². The molecule has 0 amide bonds. The summed E-state index contributed by atoms with van der Waals surface area (Å²) in [7, 11) is 0. The second-order valence-corrected chi connectivity index (χ2v) is 7.48. The van der Waals surface area contributed by atoms with Gasteiger partial charge in [-0.3, -0.25) is 0 Å². The third kappa shape index (κ3) is 3.12. The van der Waals surface area contributed by atoms with E-state index in [4.69, 9.17) is 0 Å². The molecule has 3 aromatic rings. The molecule has 0 saturated heterocycles. The van der Waals surface area contributed by atoms with Crippen molar-refractivity contribution >= 4 is 11.3 Å². The smallest absolute Gasteiger partial charge is 0.215 e. The fraction of sp³-hybridized carbons (Fsp3) is 0.316. The van der Waals surface area contributed by atoms with Crippen LogP contribution in [0, 0.1) is 11.3 Å². The Morgan fingerprint density at radius 1 is 1.11 bits per heavy atom. The highest BCUT2D eigenvalue weighted by Gasteiger charge is 2.35. The number of thiophene rings is 1. The van der Waals surface area contributed by atoms with Crippen LogP contribution in [-0.4, -0.2) is 14.8 Å². The second kappa shape index (κ2) is 6.82. The van der Waals surface area contributed by atoms with Crippen LogP contribution in [0.5, 0.6) is 0 Å². The van der Waals surface area contributed by atoms with Crippen molar-refractivity contribution < 1.29 is 13.2 Å². The molecule has 0 atom stereocenters. The van der Waals surface area contributed by atoms with Crippen LogP contribution < -0.4 is 0 Å². The summed E-state index contributed by atoms with van der Waals surface area (Å²) >= 11 is 1.44. The van der Waals surface area contributed by atoms with Gasteiger partial charge in [0, 0.05) is 10.4 Å². The number of halogens is 3. The molecule has 0 aliphatic heterocycles. The van der Waals surface area contributed by atoms with Crippen molar-refractivity contribution in [3.05, 3.63) is 52.2 Å². The van der Waals surface area contributed by atoms with Gasteiger partial charge in [0.15, 0.2) is 5.82 Å². The first-order valence-corrected chi connectivity index (χ1v) is 9.44. The molecule has 2 aromatic heterocycles. The van der Waals surface area contributed by atoms with Gasteiger partial charge in [0.2, 0.25) is 0 Å². The van der Waals surface area contributed by atoms with Crippen molar-refractivity contribution in [3.8, 4) is 22.5 Å². The summed E-state index contributed by atoms with van der Waals surface area (Å²) < 4.78 is 41.7. The SMILES string of the molecule is N#Cc1c(-n2ncnc2-c2ccccc2C(F)(F)F)sc2c1CCCCC2. The minimum Gasteiger partial charge on any atom is -0.215 e. The standard InChI is InChI=1S/C19H15F3N4S/c20-19(21,22)15-8-5-4-7-13(15)17-24-11-25-26(17)18-14(10-23)12-6-2-1-3-9-16(12)27-18/h4-5,7-8,11H,1-3,6,9H2. The Bertz CT molecular complexity index is 1030. The van der Waals surface area contributed by atoms with Gasteiger partial charge in [-0.1, -0.05) is 24.6 Å². The van der Waals surface area contributed by atoms with Crippen LogP contribution in [0.1, 0.15) is 40.8 Å². The largest absolute Gasteiger partial charge is 0.417 e. The van der Waals surface area contributed by atoms with E-state index in [0.29, 0.717) is 10.6 Å². The normalized spacial score (nSPS) is 14.4. The molecule has 4 rings (SSSR count). The number of hydrogen-bond acceptors (Lipinski definition) is 4. The molecule has 0 fully saturated rings. The van der Waals surface area contributed by atoms with E-state index in [1.807, 2.05) is 0 Å². The fourth-order valence-corrected chi connectivity index (χ4v) is 4.79. The first-order chi connectivity index (χ1) is 13.0. The van der Waals surface area contributed by atoms with Crippen LogP contribution in [-0.2, 0) is 19.0 Å². The molecule has 1 aliphatic rings. The van der Waals surface area contributed by atoms with E-state index in [0.717, 1.165) is 48.6 Å². The van der Waals surface area contributed by atoms with Crippen LogP contribution >= 0.6 is 11.3 Å². The van der Waals surface area contributed by atoms with Gasteiger partial charge in [-0.15, -0.1) is 11.3 Å². The maximum Gasteiger partial charge on any atom is 0.417 e. The molecule has 0 N–H and O–H groups in total. The zero-order valence-electron chi connectivity index (χ0n) is 14.3. The van der Waals surface area contributed by atoms with Gasteiger partial charge in [-0.05, 0) is 37.3 Å². The molecular weight excluding hydrogens is 373 g/mol. The Balaban J connectivity index is 1.90. The Morgan fingerprint density at radius 3 is 2.67 bits per heavy atom. The van der Waals surface area contributed by atoms with E-state index in [-0.39, 0.29) is 11.4 Å². The molecule has 4 nitrogen and oxygen atoms in total. The zero-order chi connectivity index (χ0) is 19.0. The number of aromatic nitrogens is 3. The van der Waals surface area contributed by atoms with Crippen LogP contribution in [0.3, 0.4) is 0 Å². The summed E-state index contributed by atoms with van der Waals surface area (Å²) in [5.41, 5.74) is 0.708. The highest BCUT2D eigenvalue weighted by atomic mass is 32.1. The Kier molecular flexibility index (Phi) is 4.48. The monoisotopic (exact) mass is 388 g/mol. The third-order valence-electron chi connectivity index (χ3n) is 4.73. The van der Waals surface area contributed by atoms with Crippen molar-refractivity contribution in [2.24, 2.45) is 0 Å². The van der Waals surface area contributed by atoms with Crippen LogP contribution in [0.15, 0.2) is 30.6 Å². The van der Waals surface area contributed by atoms with Gasteiger partial charge in [0.05, 0.1) is 11.1 Å². The molecule has 138 valence electrons. The van der Waals surface area contributed by atoms with Gasteiger partial charge in [-0.25, -0.2) is 9.67 Å². The average molecular weight is 388 g/mol. The number of nitriles is 1. The van der Waals surface area contributed by atoms with Crippen LogP contribution in [0.25, 0.3) is 16.4 Å². The molecule has 1 aromatic carbocycles. The number of aryl methyl sites for hydroxylation is 1.